The lowest BCUT2D eigenvalue weighted by Gasteiger charge is -2.18. The average molecular weight is 429 g/mol. The third kappa shape index (κ3) is 5.21. The van der Waals surface area contributed by atoms with Crippen LogP contribution in [0, 0.1) is 3.70 Å². The van der Waals surface area contributed by atoms with E-state index in [1.54, 1.807) is 0 Å². The minimum atomic E-state index is -5.36. The van der Waals surface area contributed by atoms with E-state index in [9.17, 15) is 31.1 Å². The third-order valence-electron chi connectivity index (χ3n) is 2.07. The van der Waals surface area contributed by atoms with Crippen molar-refractivity contribution in [2.75, 3.05) is 7.11 Å². The predicted molar refractivity (Wildman–Crippen MR) is 64.4 cm³/mol. The number of pyridine rings is 1. The molecule has 0 atom stereocenters. The van der Waals surface area contributed by atoms with Crippen LogP contribution in [0.2, 0.25) is 0 Å². The minimum Gasteiger partial charge on any atom is -0.469 e. The molecule has 0 saturated heterocycles. The highest BCUT2D eigenvalue weighted by Gasteiger charge is 2.42. The van der Waals surface area contributed by atoms with Gasteiger partial charge in [-0.1, -0.05) is 0 Å². The molecular formula is C10H6F6INO3. The van der Waals surface area contributed by atoms with E-state index in [2.05, 4.69) is 14.5 Å². The summed E-state index contributed by atoms with van der Waals surface area (Å²) in [5, 5.41) is 0. The summed E-state index contributed by atoms with van der Waals surface area (Å²) < 4.78 is 82.5. The lowest BCUT2D eigenvalue weighted by atomic mass is 10.1. The highest BCUT2D eigenvalue weighted by Crippen LogP contribution is 2.40. The molecule has 0 bridgehead atoms. The van der Waals surface area contributed by atoms with Crippen molar-refractivity contribution in [3.63, 3.8) is 0 Å². The van der Waals surface area contributed by atoms with E-state index in [1.807, 2.05) is 0 Å². The van der Waals surface area contributed by atoms with Gasteiger partial charge in [0.25, 0.3) is 0 Å². The van der Waals surface area contributed by atoms with Gasteiger partial charge >= 0.3 is 18.5 Å². The Bertz CT molecular complexity index is 543. The molecule has 0 radical (unpaired) electrons. The van der Waals surface area contributed by atoms with Crippen molar-refractivity contribution in [3.8, 4) is 5.75 Å². The quantitative estimate of drug-likeness (QED) is 0.320. The van der Waals surface area contributed by atoms with Gasteiger partial charge in [0.15, 0.2) is 11.4 Å². The van der Waals surface area contributed by atoms with Crippen molar-refractivity contribution < 1.29 is 40.6 Å². The van der Waals surface area contributed by atoms with Gasteiger partial charge < -0.3 is 9.47 Å². The third-order valence-corrected chi connectivity index (χ3v) is 2.62. The zero-order valence-electron chi connectivity index (χ0n) is 10.1. The summed E-state index contributed by atoms with van der Waals surface area (Å²) >= 11 is 1.38. The first kappa shape index (κ1) is 17.8. The number of halogens is 7. The smallest absolute Gasteiger partial charge is 0.469 e. The van der Waals surface area contributed by atoms with Gasteiger partial charge in [0, 0.05) is 5.56 Å². The fourth-order valence-electron chi connectivity index (χ4n) is 1.33. The molecule has 0 N–H and O–H groups in total. The van der Waals surface area contributed by atoms with Crippen LogP contribution in [0.3, 0.4) is 0 Å². The molecule has 1 aromatic heterocycles. The molecule has 0 aromatic carbocycles. The lowest BCUT2D eigenvalue weighted by molar-refractivity contribution is -0.276. The Labute approximate surface area is 127 Å². The van der Waals surface area contributed by atoms with Crippen LogP contribution in [0.25, 0.3) is 0 Å². The first-order valence-corrected chi connectivity index (χ1v) is 6.11. The number of rotatable bonds is 3. The van der Waals surface area contributed by atoms with E-state index in [1.165, 1.54) is 22.6 Å². The number of methoxy groups -OCH3 is 1. The highest BCUT2D eigenvalue weighted by atomic mass is 127. The number of carbonyl (C=O) groups excluding carboxylic acids is 1. The molecule has 1 aromatic rings. The van der Waals surface area contributed by atoms with E-state index >= 15 is 0 Å². The van der Waals surface area contributed by atoms with E-state index in [-0.39, 0.29) is 3.70 Å². The summed E-state index contributed by atoms with van der Waals surface area (Å²) in [7, 11) is 0.948. The summed E-state index contributed by atoms with van der Waals surface area (Å²) in [6.45, 7) is 0. The summed E-state index contributed by atoms with van der Waals surface area (Å²) in [5.41, 5.74) is -2.48. The maximum atomic E-state index is 12.8. The zero-order chi connectivity index (χ0) is 16.4. The van der Waals surface area contributed by atoms with E-state index in [0.717, 1.165) is 13.2 Å². The molecule has 0 aliphatic rings. The molecule has 0 saturated carbocycles. The lowest BCUT2D eigenvalue weighted by Crippen LogP contribution is -2.23. The molecule has 11 heteroatoms. The minimum absolute atomic E-state index is 0.242. The largest absolute Gasteiger partial charge is 0.573 e. The molecule has 0 unspecified atom stereocenters. The molecule has 4 nitrogen and oxygen atoms in total. The number of carbonyl (C=O) groups is 1. The molecule has 0 aliphatic carbocycles. The first-order valence-electron chi connectivity index (χ1n) is 5.03. The van der Waals surface area contributed by atoms with Gasteiger partial charge in [-0.05, 0) is 28.7 Å². The zero-order valence-corrected chi connectivity index (χ0v) is 12.3. The average Bonchev–Trinajstić information content (AvgIpc) is 2.29. The summed E-state index contributed by atoms with van der Waals surface area (Å²) in [5.74, 6) is -2.57. The monoisotopic (exact) mass is 429 g/mol. The fraction of sp³-hybridized carbons (Fsp3) is 0.400. The highest BCUT2D eigenvalue weighted by molar-refractivity contribution is 14.1. The van der Waals surface area contributed by atoms with E-state index < -0.39 is 41.9 Å². The summed E-state index contributed by atoms with van der Waals surface area (Å²) in [6.07, 6.45) is -11.4. The number of esters is 1. The molecule has 1 heterocycles. The van der Waals surface area contributed by atoms with Gasteiger partial charge in [-0.2, -0.15) is 13.2 Å². The van der Waals surface area contributed by atoms with Gasteiger partial charge in [0.1, 0.15) is 3.70 Å². The van der Waals surface area contributed by atoms with Gasteiger partial charge in [-0.3, -0.25) is 4.79 Å². The van der Waals surface area contributed by atoms with Crippen LogP contribution >= 0.6 is 22.6 Å². The maximum Gasteiger partial charge on any atom is 0.573 e. The fourth-order valence-corrected chi connectivity index (χ4v) is 1.95. The van der Waals surface area contributed by atoms with Crippen molar-refractivity contribution in [2.45, 2.75) is 19.0 Å². The number of alkyl halides is 6. The number of ether oxygens (including phenoxy) is 2. The molecule has 0 spiro atoms. The Balaban J connectivity index is 3.46. The Morgan fingerprint density at radius 3 is 2.29 bits per heavy atom. The molecule has 0 fully saturated rings. The molecule has 21 heavy (non-hydrogen) atoms. The Morgan fingerprint density at radius 2 is 1.86 bits per heavy atom. The maximum absolute atomic E-state index is 12.8. The first-order chi connectivity index (χ1) is 9.44. The van der Waals surface area contributed by atoms with Gasteiger partial charge in [0.2, 0.25) is 0 Å². The van der Waals surface area contributed by atoms with E-state index in [4.69, 9.17) is 0 Å². The van der Waals surface area contributed by atoms with Crippen LogP contribution in [0.1, 0.15) is 11.3 Å². The number of hydrogen-bond acceptors (Lipinski definition) is 4. The molecule has 0 aliphatic heterocycles. The Kier molecular flexibility index (Phi) is 5.28. The topological polar surface area (TPSA) is 48.4 Å². The number of nitrogens with zero attached hydrogens (tertiary/aromatic N) is 1. The molecule has 118 valence electrons. The van der Waals surface area contributed by atoms with Crippen LogP contribution in [-0.4, -0.2) is 24.4 Å². The summed E-state index contributed by atoms with van der Waals surface area (Å²) in [4.78, 5) is 14.1. The van der Waals surface area contributed by atoms with Crippen molar-refractivity contribution in [1.82, 2.24) is 4.98 Å². The van der Waals surface area contributed by atoms with Gasteiger partial charge in [-0.25, -0.2) is 4.98 Å². The van der Waals surface area contributed by atoms with Crippen molar-refractivity contribution in [1.29, 1.82) is 0 Å². The Hall–Kier alpha value is -1.27. The van der Waals surface area contributed by atoms with Gasteiger partial charge in [0.05, 0.1) is 13.5 Å². The number of aromatic nitrogens is 1. The second kappa shape index (κ2) is 6.23. The normalized spacial score (nSPS) is 12.2. The SMILES string of the molecule is COC(=O)Cc1cc(I)nc(C(F)(F)F)c1OC(F)(F)F. The molecule has 0 amide bonds. The molecule has 1 rings (SSSR count). The second-order valence-corrected chi connectivity index (χ2v) is 4.69. The van der Waals surface area contributed by atoms with Crippen molar-refractivity contribution in [2.24, 2.45) is 0 Å². The van der Waals surface area contributed by atoms with E-state index in [0.29, 0.717) is 0 Å². The second-order valence-electron chi connectivity index (χ2n) is 3.58. The Morgan fingerprint density at radius 1 is 1.29 bits per heavy atom. The van der Waals surface area contributed by atoms with Crippen LogP contribution in [0.5, 0.6) is 5.75 Å². The van der Waals surface area contributed by atoms with Crippen LogP contribution in [0.15, 0.2) is 6.07 Å². The van der Waals surface area contributed by atoms with Gasteiger partial charge in [-0.15, -0.1) is 13.2 Å². The van der Waals surface area contributed by atoms with Crippen LogP contribution in [-0.2, 0) is 22.1 Å². The van der Waals surface area contributed by atoms with Crippen LogP contribution < -0.4 is 4.74 Å². The molecular weight excluding hydrogens is 423 g/mol. The van der Waals surface area contributed by atoms with Crippen molar-refractivity contribution >= 4 is 28.6 Å². The van der Waals surface area contributed by atoms with Crippen LogP contribution in [0.4, 0.5) is 26.3 Å². The standard InChI is InChI=1S/C10H6F6INO3/c1-20-6(19)3-4-2-5(17)18-8(9(11,12)13)7(4)21-10(14,15)16/h2H,3H2,1H3. The van der Waals surface area contributed by atoms with Crippen molar-refractivity contribution in [3.05, 3.63) is 21.0 Å². The predicted octanol–water partition coefficient (Wildman–Crippen LogP) is 3.32. The summed E-state index contributed by atoms with van der Waals surface area (Å²) in [6, 6.07) is 0.883. The number of hydrogen-bond donors (Lipinski definition) is 0.